The molecule has 1 saturated heterocycles. The molecular formula is C18H21NO4. The van der Waals surface area contributed by atoms with Crippen molar-refractivity contribution in [3.05, 3.63) is 28.8 Å². The Bertz CT molecular complexity index is 732. The molecule has 23 heavy (non-hydrogen) atoms. The number of ketones is 1. The van der Waals surface area contributed by atoms with E-state index in [1.54, 1.807) is 0 Å². The Morgan fingerprint density at radius 2 is 2.22 bits per heavy atom. The Kier molecular flexibility index (Phi) is 2.52. The summed E-state index contributed by atoms with van der Waals surface area (Å²) in [5, 5.41) is 21.4. The predicted molar refractivity (Wildman–Crippen MR) is 82.4 cm³/mol. The summed E-state index contributed by atoms with van der Waals surface area (Å²) < 4.78 is 6.13. The van der Waals surface area contributed by atoms with E-state index in [1.165, 1.54) is 0 Å². The number of aliphatic hydroxyl groups excluding tert-OH is 1. The molecule has 2 fully saturated rings. The largest absolute Gasteiger partial charge is 0.481 e. The fourth-order valence-corrected chi connectivity index (χ4v) is 5.73. The minimum absolute atomic E-state index is 0.0221. The van der Waals surface area contributed by atoms with Gasteiger partial charge in [0, 0.05) is 23.6 Å². The van der Waals surface area contributed by atoms with E-state index in [9.17, 15) is 15.0 Å². The van der Waals surface area contributed by atoms with Gasteiger partial charge in [0.15, 0.2) is 11.9 Å². The van der Waals surface area contributed by atoms with E-state index in [1.807, 2.05) is 12.1 Å². The summed E-state index contributed by atoms with van der Waals surface area (Å²) in [5.74, 6) is 0.748. The average Bonchev–Trinajstić information content (AvgIpc) is 2.90. The van der Waals surface area contributed by atoms with Crippen molar-refractivity contribution in [2.75, 3.05) is 13.6 Å². The van der Waals surface area contributed by atoms with E-state index in [-0.39, 0.29) is 18.4 Å². The fourth-order valence-electron chi connectivity index (χ4n) is 5.73. The fraction of sp³-hybridized carbons (Fsp3) is 0.611. The highest BCUT2D eigenvalue weighted by Crippen LogP contribution is 2.63. The Hall–Kier alpha value is -1.43. The third-order valence-corrected chi connectivity index (χ3v) is 6.80. The third-order valence-electron chi connectivity index (χ3n) is 6.80. The van der Waals surface area contributed by atoms with Gasteiger partial charge >= 0.3 is 0 Å². The molecule has 1 saturated carbocycles. The van der Waals surface area contributed by atoms with Gasteiger partial charge in [-0.25, -0.2) is 0 Å². The van der Waals surface area contributed by atoms with Crippen LogP contribution in [0.25, 0.3) is 0 Å². The van der Waals surface area contributed by atoms with Gasteiger partial charge in [-0.15, -0.1) is 0 Å². The number of nitrogens with zero attached hydrogens (tertiary/aromatic N) is 1. The molecule has 5 rings (SSSR count). The van der Waals surface area contributed by atoms with Crippen LogP contribution in [0.15, 0.2) is 12.1 Å². The van der Waals surface area contributed by atoms with Gasteiger partial charge in [0.25, 0.3) is 0 Å². The first-order valence-corrected chi connectivity index (χ1v) is 8.41. The molecule has 2 aliphatic carbocycles. The molecule has 1 spiro atoms. The molecular weight excluding hydrogens is 294 g/mol. The van der Waals surface area contributed by atoms with Crippen LogP contribution in [-0.2, 0) is 23.2 Å². The maximum atomic E-state index is 12.6. The normalized spacial score (nSPS) is 40.7. The highest BCUT2D eigenvalue weighted by molar-refractivity contribution is 5.89. The minimum atomic E-state index is -0.926. The smallest absolute Gasteiger partial charge is 0.174 e. The van der Waals surface area contributed by atoms with Crippen molar-refractivity contribution in [2.45, 2.75) is 55.5 Å². The van der Waals surface area contributed by atoms with Crippen molar-refractivity contribution in [1.29, 1.82) is 0 Å². The van der Waals surface area contributed by atoms with E-state index in [0.717, 1.165) is 36.1 Å². The van der Waals surface area contributed by atoms with Gasteiger partial charge in [-0.05, 0) is 38.4 Å². The molecule has 1 unspecified atom stereocenters. The van der Waals surface area contributed by atoms with Crippen molar-refractivity contribution in [2.24, 2.45) is 0 Å². The molecule has 0 aromatic heterocycles. The number of hydrogen-bond donors (Lipinski definition) is 2. The molecule has 4 aliphatic rings. The van der Waals surface area contributed by atoms with Gasteiger partial charge in [0.2, 0.25) is 0 Å². The number of piperidine rings is 1. The highest BCUT2D eigenvalue weighted by atomic mass is 16.5. The molecule has 2 heterocycles. The van der Waals surface area contributed by atoms with Crippen LogP contribution < -0.4 is 4.74 Å². The monoisotopic (exact) mass is 315 g/mol. The van der Waals surface area contributed by atoms with E-state index in [2.05, 4.69) is 11.9 Å². The zero-order chi connectivity index (χ0) is 16.0. The van der Waals surface area contributed by atoms with Crippen molar-refractivity contribution in [1.82, 2.24) is 4.90 Å². The van der Waals surface area contributed by atoms with Crippen LogP contribution in [0.5, 0.6) is 5.75 Å². The molecule has 2 N–H and O–H groups in total. The number of likely N-dealkylation sites (N-methyl/N-ethyl adjacent to an activating group) is 1. The number of Topliss-reactive ketones (excluding diaryl/α,β-unsaturated/α-hetero) is 1. The van der Waals surface area contributed by atoms with Crippen LogP contribution in [0, 0.1) is 0 Å². The van der Waals surface area contributed by atoms with Gasteiger partial charge in [-0.2, -0.15) is 0 Å². The molecule has 122 valence electrons. The number of benzene rings is 1. The third kappa shape index (κ3) is 1.35. The van der Waals surface area contributed by atoms with E-state index in [4.69, 9.17) is 4.74 Å². The average molecular weight is 315 g/mol. The molecule has 4 atom stereocenters. The Labute approximate surface area is 134 Å². The first kappa shape index (κ1) is 14.0. The van der Waals surface area contributed by atoms with Crippen LogP contribution in [0.4, 0.5) is 0 Å². The Morgan fingerprint density at radius 1 is 1.39 bits per heavy atom. The number of rotatable bonds is 1. The lowest BCUT2D eigenvalue weighted by Gasteiger charge is -2.62. The van der Waals surface area contributed by atoms with E-state index >= 15 is 0 Å². The zero-order valence-electron chi connectivity index (χ0n) is 13.2. The number of carbonyl (C=O) groups excluding carboxylic acids is 1. The van der Waals surface area contributed by atoms with Crippen LogP contribution in [0.2, 0.25) is 0 Å². The lowest BCUT2D eigenvalue weighted by molar-refractivity contribution is -0.185. The summed E-state index contributed by atoms with van der Waals surface area (Å²) in [6.45, 7) is 0.740. The second-order valence-electron chi connectivity index (χ2n) is 7.56. The first-order valence-electron chi connectivity index (χ1n) is 8.41. The quantitative estimate of drug-likeness (QED) is 0.791. The molecule has 0 amide bonds. The van der Waals surface area contributed by atoms with Crippen molar-refractivity contribution < 1.29 is 19.7 Å². The van der Waals surface area contributed by atoms with Gasteiger partial charge in [-0.3, -0.25) is 4.79 Å². The molecule has 2 aliphatic heterocycles. The second kappa shape index (κ2) is 4.15. The Morgan fingerprint density at radius 3 is 3.00 bits per heavy atom. The predicted octanol–water partition coefficient (Wildman–Crippen LogP) is 0.532. The van der Waals surface area contributed by atoms with Gasteiger partial charge < -0.3 is 19.8 Å². The topological polar surface area (TPSA) is 70.0 Å². The number of aliphatic hydroxyl groups is 2. The second-order valence-corrected chi connectivity index (χ2v) is 7.56. The molecule has 1 aromatic carbocycles. The summed E-state index contributed by atoms with van der Waals surface area (Å²) in [4.78, 5) is 14.9. The summed E-state index contributed by atoms with van der Waals surface area (Å²) >= 11 is 0. The molecule has 0 radical (unpaired) electrons. The van der Waals surface area contributed by atoms with Gasteiger partial charge in [0.05, 0.1) is 17.6 Å². The molecule has 1 aromatic rings. The van der Waals surface area contributed by atoms with Crippen LogP contribution in [0.3, 0.4) is 0 Å². The van der Waals surface area contributed by atoms with Crippen LogP contribution >= 0.6 is 0 Å². The summed E-state index contributed by atoms with van der Waals surface area (Å²) in [6, 6.07) is 3.96. The van der Waals surface area contributed by atoms with Crippen molar-refractivity contribution in [3.63, 3.8) is 0 Å². The Balaban J connectivity index is 1.86. The molecule has 5 nitrogen and oxygen atoms in total. The SMILES string of the molecule is CN1CC[C@]23c4c5ccc(CO)c4O[C@H]2C(=O)CC[C@@]3(O)C1C5. The number of ether oxygens (including phenoxy) is 1. The number of hydrogen-bond acceptors (Lipinski definition) is 5. The summed E-state index contributed by atoms with van der Waals surface area (Å²) in [5.41, 5.74) is 1.34. The maximum Gasteiger partial charge on any atom is 0.174 e. The lowest BCUT2D eigenvalue weighted by Crippen LogP contribution is -2.76. The standard InChI is InChI=1S/C18H21NO4/c1-19-7-6-17-14-10-2-3-11(9-20)15(14)23-16(17)12(21)4-5-18(17,22)13(19)8-10/h2-3,13,16,20,22H,4-9H2,1H3/t13?,16-,17-,18+/m0/s1. The summed E-state index contributed by atoms with van der Waals surface area (Å²) in [7, 11) is 2.06. The zero-order valence-corrected chi connectivity index (χ0v) is 13.2. The van der Waals surface area contributed by atoms with E-state index in [0.29, 0.717) is 18.6 Å². The van der Waals surface area contributed by atoms with Crippen molar-refractivity contribution >= 4 is 5.78 Å². The molecule has 2 bridgehead atoms. The summed E-state index contributed by atoms with van der Waals surface area (Å²) in [6.07, 6.45) is 1.77. The van der Waals surface area contributed by atoms with Crippen LogP contribution in [0.1, 0.15) is 36.0 Å². The van der Waals surface area contributed by atoms with E-state index < -0.39 is 17.1 Å². The van der Waals surface area contributed by atoms with Crippen molar-refractivity contribution in [3.8, 4) is 5.75 Å². The lowest BCUT2D eigenvalue weighted by atomic mass is 9.49. The van der Waals surface area contributed by atoms with Gasteiger partial charge in [-0.1, -0.05) is 12.1 Å². The molecule has 5 heteroatoms. The minimum Gasteiger partial charge on any atom is -0.481 e. The number of likely N-dealkylation sites (tertiary alicyclic amines) is 1. The van der Waals surface area contributed by atoms with Gasteiger partial charge in [0.1, 0.15) is 5.75 Å². The highest BCUT2D eigenvalue weighted by Gasteiger charge is 2.72. The maximum absolute atomic E-state index is 12.6. The first-order chi connectivity index (χ1) is 11.0. The number of carbonyl (C=O) groups is 1. The van der Waals surface area contributed by atoms with Crippen LogP contribution in [-0.4, -0.2) is 52.2 Å².